The van der Waals surface area contributed by atoms with Crippen LogP contribution in [-0.2, 0) is 11.2 Å². The molecule has 0 aliphatic heterocycles. The lowest BCUT2D eigenvalue weighted by atomic mass is 10.1. The number of anilines is 1. The minimum atomic E-state index is -0.297. The number of carbonyl (C=O) groups excluding carboxylic acids is 1. The monoisotopic (exact) mass is 255 g/mol. The number of carbonyl (C=O) groups is 1. The zero-order valence-electron chi connectivity index (χ0n) is 10.9. The standard InChI is InChI=1S/C16H17NO2/c1-19-16(18)14-9-7-13(8-10-14)11-12-17-15-5-3-2-4-6-15/h2-10,17H,11-12H2,1H3. The molecule has 0 saturated carbocycles. The van der Waals surface area contributed by atoms with Gasteiger partial charge in [0, 0.05) is 12.2 Å². The Morgan fingerprint density at radius 1 is 1.05 bits per heavy atom. The van der Waals surface area contributed by atoms with E-state index < -0.39 is 0 Å². The van der Waals surface area contributed by atoms with E-state index in [9.17, 15) is 4.79 Å². The number of methoxy groups -OCH3 is 1. The van der Waals surface area contributed by atoms with Gasteiger partial charge in [-0.15, -0.1) is 0 Å². The van der Waals surface area contributed by atoms with Gasteiger partial charge in [0.25, 0.3) is 0 Å². The van der Waals surface area contributed by atoms with Crippen LogP contribution in [0.2, 0.25) is 0 Å². The molecule has 3 nitrogen and oxygen atoms in total. The molecule has 19 heavy (non-hydrogen) atoms. The van der Waals surface area contributed by atoms with Crippen LogP contribution in [0.4, 0.5) is 5.69 Å². The van der Waals surface area contributed by atoms with E-state index in [4.69, 9.17) is 0 Å². The fourth-order valence-electron chi connectivity index (χ4n) is 1.83. The van der Waals surface area contributed by atoms with Gasteiger partial charge in [-0.1, -0.05) is 30.3 Å². The maximum Gasteiger partial charge on any atom is 0.337 e. The molecular formula is C16H17NO2. The molecule has 1 N–H and O–H groups in total. The Hall–Kier alpha value is -2.29. The summed E-state index contributed by atoms with van der Waals surface area (Å²) in [4.78, 5) is 11.3. The Bertz CT molecular complexity index is 520. The number of hydrogen-bond acceptors (Lipinski definition) is 3. The van der Waals surface area contributed by atoms with Gasteiger partial charge in [-0.3, -0.25) is 0 Å². The topological polar surface area (TPSA) is 38.3 Å². The molecule has 0 fully saturated rings. The first kappa shape index (κ1) is 13.1. The fraction of sp³-hybridized carbons (Fsp3) is 0.188. The normalized spacial score (nSPS) is 9.95. The van der Waals surface area contributed by atoms with Crippen LogP contribution in [0.1, 0.15) is 15.9 Å². The summed E-state index contributed by atoms with van der Waals surface area (Å²) in [7, 11) is 1.39. The van der Waals surface area contributed by atoms with Gasteiger partial charge in [-0.25, -0.2) is 4.79 Å². The van der Waals surface area contributed by atoms with Crippen molar-refractivity contribution in [2.75, 3.05) is 19.0 Å². The van der Waals surface area contributed by atoms with Gasteiger partial charge in [0.1, 0.15) is 0 Å². The molecule has 2 aromatic carbocycles. The molecule has 3 heteroatoms. The van der Waals surface area contributed by atoms with E-state index >= 15 is 0 Å². The highest BCUT2D eigenvalue weighted by Gasteiger charge is 2.03. The van der Waals surface area contributed by atoms with Gasteiger partial charge in [0.15, 0.2) is 0 Å². The molecule has 0 radical (unpaired) electrons. The number of esters is 1. The highest BCUT2D eigenvalue weighted by molar-refractivity contribution is 5.89. The summed E-state index contributed by atoms with van der Waals surface area (Å²) in [5, 5.41) is 3.35. The first-order chi connectivity index (χ1) is 9.29. The van der Waals surface area contributed by atoms with Crippen LogP contribution in [-0.4, -0.2) is 19.6 Å². The molecule has 2 rings (SSSR count). The molecule has 0 bridgehead atoms. The van der Waals surface area contributed by atoms with Gasteiger partial charge in [-0.05, 0) is 36.2 Å². The van der Waals surface area contributed by atoms with Crippen molar-refractivity contribution in [3.63, 3.8) is 0 Å². The summed E-state index contributed by atoms with van der Waals surface area (Å²) in [5.41, 5.74) is 2.90. The third-order valence-corrected chi connectivity index (χ3v) is 2.89. The summed E-state index contributed by atoms with van der Waals surface area (Å²) in [6.07, 6.45) is 0.913. The highest BCUT2D eigenvalue weighted by atomic mass is 16.5. The average Bonchev–Trinajstić information content (AvgIpc) is 2.48. The number of nitrogens with one attached hydrogen (secondary N) is 1. The smallest absolute Gasteiger partial charge is 0.337 e. The fourth-order valence-corrected chi connectivity index (χ4v) is 1.83. The highest BCUT2D eigenvalue weighted by Crippen LogP contribution is 2.08. The molecule has 0 heterocycles. The lowest BCUT2D eigenvalue weighted by molar-refractivity contribution is 0.0600. The summed E-state index contributed by atoms with van der Waals surface area (Å²) < 4.78 is 4.66. The van der Waals surface area contributed by atoms with Crippen LogP contribution in [0.15, 0.2) is 54.6 Å². The van der Waals surface area contributed by atoms with Gasteiger partial charge >= 0.3 is 5.97 Å². The van der Waals surface area contributed by atoms with E-state index in [2.05, 4.69) is 10.1 Å². The zero-order chi connectivity index (χ0) is 13.5. The van der Waals surface area contributed by atoms with Crippen molar-refractivity contribution >= 4 is 11.7 Å². The van der Waals surface area contributed by atoms with Crippen LogP contribution in [0.5, 0.6) is 0 Å². The third-order valence-electron chi connectivity index (χ3n) is 2.89. The van der Waals surface area contributed by atoms with E-state index in [0.717, 1.165) is 18.7 Å². The molecule has 0 amide bonds. The molecule has 0 spiro atoms. The van der Waals surface area contributed by atoms with E-state index in [1.807, 2.05) is 42.5 Å². The molecule has 0 aliphatic rings. The summed E-state index contributed by atoms with van der Waals surface area (Å²) in [6, 6.07) is 17.6. The first-order valence-corrected chi connectivity index (χ1v) is 6.26. The second kappa shape index (κ2) is 6.59. The Kier molecular flexibility index (Phi) is 4.56. The van der Waals surface area contributed by atoms with Crippen molar-refractivity contribution in [1.29, 1.82) is 0 Å². The second-order valence-corrected chi connectivity index (χ2v) is 4.23. The third kappa shape index (κ3) is 3.85. The van der Waals surface area contributed by atoms with E-state index in [-0.39, 0.29) is 5.97 Å². The maximum atomic E-state index is 11.3. The van der Waals surface area contributed by atoms with E-state index in [0.29, 0.717) is 5.56 Å². The lowest BCUT2D eigenvalue weighted by Gasteiger charge is -2.06. The quantitative estimate of drug-likeness (QED) is 0.834. The summed E-state index contributed by atoms with van der Waals surface area (Å²) >= 11 is 0. The molecule has 0 atom stereocenters. The number of ether oxygens (including phenoxy) is 1. The van der Waals surface area contributed by atoms with Crippen LogP contribution in [0.25, 0.3) is 0 Å². The van der Waals surface area contributed by atoms with Crippen LogP contribution in [0, 0.1) is 0 Å². The maximum absolute atomic E-state index is 11.3. The number of para-hydroxylation sites is 1. The lowest BCUT2D eigenvalue weighted by Crippen LogP contribution is -2.05. The number of benzene rings is 2. The average molecular weight is 255 g/mol. The van der Waals surface area contributed by atoms with Gasteiger partial charge in [0.2, 0.25) is 0 Å². The molecular weight excluding hydrogens is 238 g/mol. The molecule has 0 saturated heterocycles. The van der Waals surface area contributed by atoms with Gasteiger partial charge in [-0.2, -0.15) is 0 Å². The van der Waals surface area contributed by atoms with Crippen LogP contribution < -0.4 is 5.32 Å². The predicted molar refractivity (Wildman–Crippen MR) is 76.4 cm³/mol. The van der Waals surface area contributed by atoms with Gasteiger partial charge < -0.3 is 10.1 Å². The molecule has 0 aliphatic carbocycles. The zero-order valence-corrected chi connectivity index (χ0v) is 10.9. The Morgan fingerprint density at radius 2 is 1.74 bits per heavy atom. The molecule has 98 valence electrons. The number of hydrogen-bond donors (Lipinski definition) is 1. The van der Waals surface area contributed by atoms with E-state index in [1.54, 1.807) is 12.1 Å². The SMILES string of the molecule is COC(=O)c1ccc(CCNc2ccccc2)cc1. The predicted octanol–water partition coefficient (Wildman–Crippen LogP) is 3.13. The van der Waals surface area contributed by atoms with Crippen molar-refractivity contribution in [2.24, 2.45) is 0 Å². The molecule has 0 aromatic heterocycles. The Labute approximate surface area is 113 Å². The Balaban J connectivity index is 1.85. The molecule has 2 aromatic rings. The minimum Gasteiger partial charge on any atom is -0.465 e. The first-order valence-electron chi connectivity index (χ1n) is 6.26. The minimum absolute atomic E-state index is 0.297. The van der Waals surface area contributed by atoms with Crippen LogP contribution >= 0.6 is 0 Å². The Morgan fingerprint density at radius 3 is 2.37 bits per heavy atom. The van der Waals surface area contributed by atoms with Crippen molar-refractivity contribution in [3.8, 4) is 0 Å². The number of rotatable bonds is 5. The van der Waals surface area contributed by atoms with Gasteiger partial charge in [0.05, 0.1) is 12.7 Å². The largest absolute Gasteiger partial charge is 0.465 e. The van der Waals surface area contributed by atoms with Crippen molar-refractivity contribution in [2.45, 2.75) is 6.42 Å². The summed E-state index contributed by atoms with van der Waals surface area (Å²) in [6.45, 7) is 0.863. The van der Waals surface area contributed by atoms with Crippen molar-refractivity contribution < 1.29 is 9.53 Å². The summed E-state index contributed by atoms with van der Waals surface area (Å²) in [5.74, 6) is -0.297. The van der Waals surface area contributed by atoms with Crippen molar-refractivity contribution in [3.05, 3.63) is 65.7 Å². The second-order valence-electron chi connectivity index (χ2n) is 4.23. The van der Waals surface area contributed by atoms with Crippen molar-refractivity contribution in [1.82, 2.24) is 0 Å². The van der Waals surface area contributed by atoms with E-state index in [1.165, 1.54) is 12.7 Å². The van der Waals surface area contributed by atoms with Crippen LogP contribution in [0.3, 0.4) is 0 Å². The molecule has 0 unspecified atom stereocenters.